The number of carbonyl (C=O) groups is 1. The molecule has 0 spiro atoms. The quantitative estimate of drug-likeness (QED) is 0.525. The molecular formula is C24H21F2N3O4. The maximum Gasteiger partial charge on any atom is 0.320 e. The van der Waals surface area contributed by atoms with Crippen molar-refractivity contribution < 1.29 is 28.2 Å². The fourth-order valence-corrected chi connectivity index (χ4v) is 4.17. The van der Waals surface area contributed by atoms with E-state index in [0.717, 1.165) is 17.7 Å². The second kappa shape index (κ2) is 8.67. The van der Waals surface area contributed by atoms with Gasteiger partial charge in [0.25, 0.3) is 0 Å². The topological polar surface area (TPSA) is 92.7 Å². The summed E-state index contributed by atoms with van der Waals surface area (Å²) in [4.78, 5) is 16.6. The molecule has 2 aliphatic rings. The van der Waals surface area contributed by atoms with Crippen LogP contribution in [0.25, 0.3) is 0 Å². The van der Waals surface area contributed by atoms with Gasteiger partial charge in [0.2, 0.25) is 0 Å². The number of benzene rings is 2. The van der Waals surface area contributed by atoms with Crippen molar-refractivity contribution in [1.82, 2.24) is 10.3 Å². The van der Waals surface area contributed by atoms with Crippen molar-refractivity contribution in [3.05, 3.63) is 77.5 Å². The first kappa shape index (κ1) is 21.1. The third kappa shape index (κ3) is 4.31. The number of nitrogens with one attached hydrogen (secondary N) is 2. The average Bonchev–Trinajstić information content (AvgIpc) is 3.51. The number of hydrogen-bond donors (Lipinski definition) is 3. The van der Waals surface area contributed by atoms with E-state index >= 15 is 0 Å². The van der Waals surface area contributed by atoms with Crippen LogP contribution in [0.2, 0.25) is 0 Å². The first-order chi connectivity index (χ1) is 16.0. The van der Waals surface area contributed by atoms with Crippen molar-refractivity contribution in [2.75, 3.05) is 18.5 Å². The van der Waals surface area contributed by atoms with Crippen molar-refractivity contribution in [2.24, 2.45) is 5.92 Å². The summed E-state index contributed by atoms with van der Waals surface area (Å²) >= 11 is 0. The van der Waals surface area contributed by atoms with Gasteiger partial charge >= 0.3 is 6.03 Å². The highest BCUT2D eigenvalue weighted by Gasteiger charge is 2.57. The smallest absolute Gasteiger partial charge is 0.320 e. The SMILES string of the molecule is O=C(Nc1ccc(Oc2ccc(CCO)cc2)cn1)N[C@@H]1C2COc3c(F)ccc(F)c3C21. The predicted molar refractivity (Wildman–Crippen MR) is 116 cm³/mol. The van der Waals surface area contributed by atoms with Crippen LogP contribution in [0.4, 0.5) is 19.4 Å². The van der Waals surface area contributed by atoms with Crippen LogP contribution in [0.15, 0.2) is 54.7 Å². The van der Waals surface area contributed by atoms with E-state index < -0.39 is 17.7 Å². The van der Waals surface area contributed by atoms with Crippen LogP contribution in [-0.2, 0) is 6.42 Å². The zero-order chi connectivity index (χ0) is 22.9. The van der Waals surface area contributed by atoms with Gasteiger partial charge in [0.15, 0.2) is 11.6 Å². The number of rotatable bonds is 6. The van der Waals surface area contributed by atoms with Crippen LogP contribution < -0.4 is 20.1 Å². The molecule has 2 amide bonds. The van der Waals surface area contributed by atoms with Crippen LogP contribution in [0, 0.1) is 17.6 Å². The maximum absolute atomic E-state index is 14.2. The Bertz CT molecular complexity index is 1170. The first-order valence-corrected chi connectivity index (χ1v) is 10.6. The number of pyridine rings is 1. The molecule has 0 saturated heterocycles. The Hall–Kier alpha value is -3.72. The zero-order valence-electron chi connectivity index (χ0n) is 17.4. The Morgan fingerprint density at radius 1 is 1.09 bits per heavy atom. The summed E-state index contributed by atoms with van der Waals surface area (Å²) in [6.45, 7) is 0.305. The standard InChI is InChI=1S/C24H21F2N3O4/c25-17-6-7-18(26)23-21(17)20-16(12-32-23)22(20)29-24(31)28-19-8-5-15(11-27-19)33-14-3-1-13(2-4-14)9-10-30/h1-8,11,16,20,22,30H,9-10,12H2,(H2,27,28,29,31)/t16?,20?,22-/m1/s1. The maximum atomic E-state index is 14.2. The number of aliphatic hydroxyl groups is 1. The van der Waals surface area contributed by atoms with E-state index in [9.17, 15) is 13.6 Å². The Morgan fingerprint density at radius 2 is 1.85 bits per heavy atom. The fraction of sp³-hybridized carbons (Fsp3) is 0.250. The van der Waals surface area contributed by atoms with Gasteiger partial charge in [-0.2, -0.15) is 0 Å². The van der Waals surface area contributed by atoms with Gasteiger partial charge in [-0.25, -0.2) is 18.6 Å². The number of anilines is 1. The second-order valence-corrected chi connectivity index (χ2v) is 8.00. The molecule has 0 radical (unpaired) electrons. The molecule has 2 aromatic carbocycles. The number of halogens is 2. The number of fused-ring (bicyclic) bond motifs is 3. The van der Waals surface area contributed by atoms with Gasteiger partial charge in [-0.15, -0.1) is 0 Å². The molecule has 1 fully saturated rings. The van der Waals surface area contributed by atoms with E-state index in [4.69, 9.17) is 14.6 Å². The van der Waals surface area contributed by atoms with Crippen LogP contribution in [0.5, 0.6) is 17.2 Å². The minimum Gasteiger partial charge on any atom is -0.490 e. The highest BCUT2D eigenvalue weighted by Crippen LogP contribution is 2.55. The molecule has 3 aromatic rings. The van der Waals surface area contributed by atoms with Crippen molar-refractivity contribution in [3.63, 3.8) is 0 Å². The van der Waals surface area contributed by atoms with E-state index in [1.807, 2.05) is 12.1 Å². The number of urea groups is 1. The van der Waals surface area contributed by atoms with Gasteiger partial charge in [0, 0.05) is 30.0 Å². The summed E-state index contributed by atoms with van der Waals surface area (Å²) in [6, 6.07) is 11.9. The third-order valence-electron chi connectivity index (χ3n) is 5.85. The molecular weight excluding hydrogens is 432 g/mol. The molecule has 7 nitrogen and oxygen atoms in total. The van der Waals surface area contributed by atoms with Crippen molar-refractivity contribution in [1.29, 1.82) is 0 Å². The van der Waals surface area contributed by atoms with Crippen molar-refractivity contribution in [3.8, 4) is 17.2 Å². The first-order valence-electron chi connectivity index (χ1n) is 10.6. The van der Waals surface area contributed by atoms with E-state index in [0.29, 0.717) is 23.7 Å². The molecule has 3 atom stereocenters. The Balaban J connectivity index is 1.17. The lowest BCUT2D eigenvalue weighted by Gasteiger charge is -2.16. The number of nitrogens with zero attached hydrogens (tertiary/aromatic N) is 1. The zero-order valence-corrected chi connectivity index (χ0v) is 17.4. The van der Waals surface area contributed by atoms with E-state index in [-0.39, 0.29) is 42.4 Å². The van der Waals surface area contributed by atoms with Gasteiger partial charge in [-0.3, -0.25) is 5.32 Å². The van der Waals surface area contributed by atoms with Crippen molar-refractivity contribution in [2.45, 2.75) is 18.4 Å². The summed E-state index contributed by atoms with van der Waals surface area (Å²) < 4.78 is 39.3. The van der Waals surface area contributed by atoms with Gasteiger partial charge in [-0.1, -0.05) is 12.1 Å². The summed E-state index contributed by atoms with van der Waals surface area (Å²) in [6.07, 6.45) is 2.06. The third-order valence-corrected chi connectivity index (χ3v) is 5.85. The minimum atomic E-state index is -0.604. The molecule has 1 saturated carbocycles. The highest BCUT2D eigenvalue weighted by atomic mass is 19.1. The van der Waals surface area contributed by atoms with Gasteiger partial charge in [-0.05, 0) is 48.4 Å². The molecule has 2 unspecified atom stereocenters. The van der Waals surface area contributed by atoms with Crippen LogP contribution in [0.3, 0.4) is 0 Å². The summed E-state index contributed by atoms with van der Waals surface area (Å²) in [5, 5.41) is 14.4. The number of carbonyl (C=O) groups excluding carboxylic acids is 1. The molecule has 9 heteroatoms. The number of ether oxygens (including phenoxy) is 2. The van der Waals surface area contributed by atoms with Gasteiger partial charge in [0.1, 0.15) is 23.1 Å². The number of aromatic nitrogens is 1. The highest BCUT2D eigenvalue weighted by molar-refractivity contribution is 5.89. The molecule has 0 bridgehead atoms. The second-order valence-electron chi connectivity index (χ2n) is 8.00. The molecule has 3 N–H and O–H groups in total. The lowest BCUT2D eigenvalue weighted by Crippen LogP contribution is -2.32. The number of amides is 2. The largest absolute Gasteiger partial charge is 0.490 e. The Kier molecular flexibility index (Phi) is 5.55. The normalized spacial score (nSPS) is 20.2. The lowest BCUT2D eigenvalue weighted by atomic mass is 10.0. The lowest BCUT2D eigenvalue weighted by molar-refractivity contribution is 0.247. The van der Waals surface area contributed by atoms with Crippen LogP contribution in [-0.4, -0.2) is 35.4 Å². The summed E-state index contributed by atoms with van der Waals surface area (Å²) in [5.41, 5.74) is 1.19. The fourth-order valence-electron chi connectivity index (χ4n) is 4.17. The Labute approximate surface area is 188 Å². The molecule has 1 aromatic heterocycles. The van der Waals surface area contributed by atoms with Crippen LogP contribution in [0.1, 0.15) is 17.0 Å². The average molecular weight is 453 g/mol. The molecule has 170 valence electrons. The molecule has 1 aliphatic carbocycles. The van der Waals surface area contributed by atoms with E-state index in [1.54, 1.807) is 24.3 Å². The van der Waals surface area contributed by atoms with Crippen molar-refractivity contribution >= 4 is 11.8 Å². The molecule has 5 rings (SSSR count). The van der Waals surface area contributed by atoms with E-state index in [2.05, 4.69) is 15.6 Å². The molecule has 33 heavy (non-hydrogen) atoms. The molecule has 1 aliphatic heterocycles. The monoisotopic (exact) mass is 453 g/mol. The summed E-state index contributed by atoms with van der Waals surface area (Å²) in [5.74, 6) is -0.194. The predicted octanol–water partition coefficient (Wildman–Crippen LogP) is 3.98. The number of hydrogen-bond acceptors (Lipinski definition) is 5. The van der Waals surface area contributed by atoms with E-state index in [1.165, 1.54) is 6.20 Å². The van der Waals surface area contributed by atoms with Gasteiger partial charge < -0.3 is 19.9 Å². The Morgan fingerprint density at radius 3 is 2.58 bits per heavy atom. The minimum absolute atomic E-state index is 0.0683. The number of aliphatic hydroxyl groups excluding tert-OH is 1. The summed E-state index contributed by atoms with van der Waals surface area (Å²) in [7, 11) is 0. The van der Waals surface area contributed by atoms with Crippen LogP contribution >= 0.6 is 0 Å². The molecule has 2 heterocycles. The van der Waals surface area contributed by atoms with Gasteiger partial charge in [0.05, 0.1) is 12.8 Å².